The van der Waals surface area contributed by atoms with Gasteiger partial charge in [0.05, 0.1) is 20.3 Å². The zero-order valence-corrected chi connectivity index (χ0v) is 12.5. The molecule has 0 aliphatic heterocycles. The number of carbonyl (C=O) groups excluding carboxylic acids is 1. The molecule has 1 heterocycles. The van der Waals surface area contributed by atoms with Gasteiger partial charge in [0.25, 0.3) is 5.91 Å². The Morgan fingerprint density at radius 2 is 1.95 bits per heavy atom. The van der Waals surface area contributed by atoms with Gasteiger partial charge in [0.15, 0.2) is 11.5 Å². The maximum absolute atomic E-state index is 12.2. The van der Waals surface area contributed by atoms with Gasteiger partial charge >= 0.3 is 0 Å². The predicted octanol–water partition coefficient (Wildman–Crippen LogP) is 3.26. The van der Waals surface area contributed by atoms with E-state index in [1.54, 1.807) is 43.8 Å². The van der Waals surface area contributed by atoms with Gasteiger partial charge in [0.1, 0.15) is 0 Å². The Kier molecular flexibility index (Phi) is 4.63. The van der Waals surface area contributed by atoms with Gasteiger partial charge in [0, 0.05) is 10.4 Å². The number of nitrogens with one attached hydrogen (secondary N) is 1. The fraction of sp³-hybridized carbons (Fsp3) is 0.267. The molecule has 0 saturated heterocycles. The van der Waals surface area contributed by atoms with Crippen LogP contribution in [0.15, 0.2) is 35.7 Å². The molecule has 0 saturated carbocycles. The molecule has 1 aromatic carbocycles. The largest absolute Gasteiger partial charge is 0.493 e. The van der Waals surface area contributed by atoms with Crippen LogP contribution >= 0.6 is 11.3 Å². The standard InChI is InChI=1S/C15H17NO3S/c1-10(14-5-4-8-20-14)16-15(17)11-6-7-12(18-2)13(9-11)19-3/h4-10H,1-3H3,(H,16,17)/t10-/m1/s1. The van der Waals surface area contributed by atoms with Crippen molar-refractivity contribution in [3.8, 4) is 11.5 Å². The Morgan fingerprint density at radius 3 is 2.55 bits per heavy atom. The van der Waals surface area contributed by atoms with Crippen molar-refractivity contribution < 1.29 is 14.3 Å². The molecule has 0 fully saturated rings. The van der Waals surface area contributed by atoms with E-state index in [0.717, 1.165) is 4.88 Å². The summed E-state index contributed by atoms with van der Waals surface area (Å²) >= 11 is 1.62. The quantitative estimate of drug-likeness (QED) is 0.920. The van der Waals surface area contributed by atoms with Crippen LogP contribution in [-0.2, 0) is 0 Å². The van der Waals surface area contributed by atoms with Crippen LogP contribution in [0.5, 0.6) is 11.5 Å². The van der Waals surface area contributed by atoms with Crippen LogP contribution in [-0.4, -0.2) is 20.1 Å². The third-order valence-electron chi connectivity index (χ3n) is 2.96. The summed E-state index contributed by atoms with van der Waals surface area (Å²) in [5, 5.41) is 4.96. The number of hydrogen-bond acceptors (Lipinski definition) is 4. The van der Waals surface area contributed by atoms with Crippen LogP contribution in [0.3, 0.4) is 0 Å². The number of ether oxygens (including phenoxy) is 2. The maximum atomic E-state index is 12.2. The number of hydrogen-bond donors (Lipinski definition) is 1. The summed E-state index contributed by atoms with van der Waals surface area (Å²) in [5.74, 6) is 1.02. The van der Waals surface area contributed by atoms with Gasteiger partial charge in [-0.05, 0) is 36.6 Å². The van der Waals surface area contributed by atoms with Crippen LogP contribution in [0.4, 0.5) is 0 Å². The maximum Gasteiger partial charge on any atom is 0.251 e. The molecule has 1 atom stereocenters. The van der Waals surface area contributed by atoms with E-state index in [-0.39, 0.29) is 11.9 Å². The van der Waals surface area contributed by atoms with E-state index in [1.165, 1.54) is 0 Å². The van der Waals surface area contributed by atoms with E-state index in [0.29, 0.717) is 17.1 Å². The Balaban J connectivity index is 2.13. The average Bonchev–Trinajstić information content (AvgIpc) is 3.00. The van der Waals surface area contributed by atoms with Crippen molar-refractivity contribution in [2.75, 3.05) is 14.2 Å². The summed E-state index contributed by atoms with van der Waals surface area (Å²) in [5.41, 5.74) is 0.547. The van der Waals surface area contributed by atoms with Gasteiger partial charge in [-0.3, -0.25) is 4.79 Å². The first-order chi connectivity index (χ1) is 9.65. The molecule has 0 aliphatic rings. The summed E-state index contributed by atoms with van der Waals surface area (Å²) in [7, 11) is 3.12. The zero-order chi connectivity index (χ0) is 14.5. The van der Waals surface area contributed by atoms with E-state index in [2.05, 4.69) is 5.32 Å². The third-order valence-corrected chi connectivity index (χ3v) is 4.02. The fourth-order valence-corrected chi connectivity index (χ4v) is 2.60. The average molecular weight is 291 g/mol. The molecule has 1 amide bonds. The lowest BCUT2D eigenvalue weighted by molar-refractivity contribution is 0.0940. The van der Waals surface area contributed by atoms with Crippen molar-refractivity contribution in [3.63, 3.8) is 0 Å². The second-order valence-corrected chi connectivity index (χ2v) is 5.26. The van der Waals surface area contributed by atoms with Crippen LogP contribution in [0, 0.1) is 0 Å². The Labute approximate surface area is 122 Å². The van der Waals surface area contributed by atoms with E-state index < -0.39 is 0 Å². The van der Waals surface area contributed by atoms with Gasteiger partial charge in [-0.1, -0.05) is 6.07 Å². The molecule has 20 heavy (non-hydrogen) atoms. The second-order valence-electron chi connectivity index (χ2n) is 4.28. The smallest absolute Gasteiger partial charge is 0.251 e. The molecule has 0 radical (unpaired) electrons. The minimum Gasteiger partial charge on any atom is -0.493 e. The first kappa shape index (κ1) is 14.4. The van der Waals surface area contributed by atoms with Gasteiger partial charge in [-0.2, -0.15) is 0 Å². The molecular weight excluding hydrogens is 274 g/mol. The minimum absolute atomic E-state index is 0.0180. The summed E-state index contributed by atoms with van der Waals surface area (Å²) in [6.07, 6.45) is 0. The molecule has 0 unspecified atom stereocenters. The number of thiophene rings is 1. The van der Waals surface area contributed by atoms with E-state index >= 15 is 0 Å². The van der Waals surface area contributed by atoms with Crippen molar-refractivity contribution in [2.24, 2.45) is 0 Å². The molecule has 2 rings (SSSR count). The lowest BCUT2D eigenvalue weighted by Crippen LogP contribution is -2.26. The van der Waals surface area contributed by atoms with Crippen molar-refractivity contribution >= 4 is 17.2 Å². The second kappa shape index (κ2) is 6.43. The van der Waals surface area contributed by atoms with Gasteiger partial charge in [-0.15, -0.1) is 11.3 Å². The predicted molar refractivity (Wildman–Crippen MR) is 79.7 cm³/mol. The Hall–Kier alpha value is -2.01. The molecule has 0 aliphatic carbocycles. The highest BCUT2D eigenvalue weighted by molar-refractivity contribution is 7.10. The Bertz CT molecular complexity index is 581. The summed E-state index contributed by atoms with van der Waals surface area (Å²) < 4.78 is 10.4. The molecule has 1 N–H and O–H groups in total. The minimum atomic E-state index is -0.133. The number of amides is 1. The number of methoxy groups -OCH3 is 2. The molecule has 0 spiro atoms. The van der Waals surface area contributed by atoms with Crippen molar-refractivity contribution in [3.05, 3.63) is 46.2 Å². The molecule has 0 bridgehead atoms. The molecule has 1 aromatic heterocycles. The number of rotatable bonds is 5. The lowest BCUT2D eigenvalue weighted by Gasteiger charge is -2.13. The lowest BCUT2D eigenvalue weighted by atomic mass is 10.1. The summed E-state index contributed by atoms with van der Waals surface area (Å²) in [6, 6.07) is 9.08. The van der Waals surface area contributed by atoms with Crippen LogP contribution in [0.1, 0.15) is 28.2 Å². The van der Waals surface area contributed by atoms with Crippen molar-refractivity contribution in [1.29, 1.82) is 0 Å². The molecule has 2 aromatic rings. The summed E-state index contributed by atoms with van der Waals surface area (Å²) in [6.45, 7) is 1.96. The van der Waals surface area contributed by atoms with Crippen molar-refractivity contribution in [2.45, 2.75) is 13.0 Å². The van der Waals surface area contributed by atoms with Crippen LogP contribution in [0.2, 0.25) is 0 Å². The van der Waals surface area contributed by atoms with Crippen molar-refractivity contribution in [1.82, 2.24) is 5.32 Å². The highest BCUT2D eigenvalue weighted by atomic mass is 32.1. The number of benzene rings is 1. The zero-order valence-electron chi connectivity index (χ0n) is 11.7. The van der Waals surface area contributed by atoms with Crippen LogP contribution in [0.25, 0.3) is 0 Å². The fourth-order valence-electron chi connectivity index (χ4n) is 1.87. The Morgan fingerprint density at radius 1 is 1.20 bits per heavy atom. The molecular formula is C15H17NO3S. The SMILES string of the molecule is COc1ccc(C(=O)N[C@H](C)c2cccs2)cc1OC. The molecule has 5 heteroatoms. The monoisotopic (exact) mass is 291 g/mol. The third kappa shape index (κ3) is 3.11. The van der Waals surface area contributed by atoms with Gasteiger partial charge in [-0.25, -0.2) is 0 Å². The number of carbonyl (C=O) groups is 1. The normalized spacial score (nSPS) is 11.8. The van der Waals surface area contributed by atoms with Gasteiger partial charge < -0.3 is 14.8 Å². The highest BCUT2D eigenvalue weighted by Gasteiger charge is 2.14. The molecule has 4 nitrogen and oxygen atoms in total. The molecule has 106 valence electrons. The van der Waals surface area contributed by atoms with E-state index in [4.69, 9.17) is 9.47 Å². The first-order valence-electron chi connectivity index (χ1n) is 6.22. The van der Waals surface area contributed by atoms with Gasteiger partial charge in [0.2, 0.25) is 0 Å². The van der Waals surface area contributed by atoms with E-state index in [9.17, 15) is 4.79 Å². The summed E-state index contributed by atoms with van der Waals surface area (Å²) in [4.78, 5) is 13.3. The first-order valence-corrected chi connectivity index (χ1v) is 7.10. The van der Waals surface area contributed by atoms with Crippen LogP contribution < -0.4 is 14.8 Å². The highest BCUT2D eigenvalue weighted by Crippen LogP contribution is 2.28. The van der Waals surface area contributed by atoms with E-state index in [1.807, 2.05) is 24.4 Å². The topological polar surface area (TPSA) is 47.6 Å².